The van der Waals surface area contributed by atoms with Gasteiger partial charge in [0.25, 0.3) is 5.69 Å². The minimum atomic E-state index is -0.681. The summed E-state index contributed by atoms with van der Waals surface area (Å²) in [7, 11) is 0. The Kier molecular flexibility index (Phi) is 9.61. The maximum Gasteiger partial charge on any atom is 0.269 e. The summed E-state index contributed by atoms with van der Waals surface area (Å²) in [6.07, 6.45) is 0. The predicted octanol–water partition coefficient (Wildman–Crippen LogP) is 4.69. The Labute approximate surface area is 195 Å². The van der Waals surface area contributed by atoms with E-state index >= 15 is 0 Å². The third-order valence-corrected chi connectivity index (χ3v) is 6.09. The highest BCUT2D eigenvalue weighted by Gasteiger charge is 2.26. The van der Waals surface area contributed by atoms with E-state index in [2.05, 4.69) is 5.32 Å². The lowest BCUT2D eigenvalue weighted by molar-refractivity contribution is -0.384. The summed E-state index contributed by atoms with van der Waals surface area (Å²) in [5.41, 5.74) is 1.58. The lowest BCUT2D eigenvalue weighted by Gasteiger charge is -2.29. The van der Waals surface area contributed by atoms with Crippen LogP contribution in [0.25, 0.3) is 0 Å². The number of benzene rings is 2. The van der Waals surface area contributed by atoms with Crippen molar-refractivity contribution in [3.8, 4) is 0 Å². The van der Waals surface area contributed by atoms with Crippen molar-refractivity contribution in [1.82, 2.24) is 10.2 Å². The number of rotatable bonds is 10. The number of carbonyl (C=O) groups excluding carboxylic acids is 2. The molecule has 0 aliphatic carbocycles. The molecule has 2 aromatic carbocycles. The summed E-state index contributed by atoms with van der Waals surface area (Å²) < 4.78 is 0. The van der Waals surface area contributed by atoms with Gasteiger partial charge in [0.05, 0.1) is 10.7 Å². The summed E-state index contributed by atoms with van der Waals surface area (Å²) in [5, 5.41) is 14.4. The van der Waals surface area contributed by atoms with Crippen molar-refractivity contribution >= 4 is 52.5 Å². The average molecular weight is 484 g/mol. The molecule has 166 valence electrons. The Morgan fingerprint density at radius 3 is 2.45 bits per heavy atom. The molecule has 0 spiro atoms. The van der Waals surface area contributed by atoms with Gasteiger partial charge in [0.1, 0.15) is 6.04 Å². The van der Waals surface area contributed by atoms with Gasteiger partial charge in [0.15, 0.2) is 0 Å². The molecular weight excluding hydrogens is 461 g/mol. The minimum Gasteiger partial charge on any atom is -0.355 e. The van der Waals surface area contributed by atoms with Crippen LogP contribution in [0.2, 0.25) is 10.0 Å². The second-order valence-corrected chi connectivity index (χ2v) is 8.57. The molecule has 0 bridgehead atoms. The number of likely N-dealkylation sites (N-methyl/N-ethyl adjacent to an activating group) is 1. The zero-order valence-electron chi connectivity index (χ0n) is 17.1. The van der Waals surface area contributed by atoms with Crippen LogP contribution in [0.1, 0.15) is 25.0 Å². The van der Waals surface area contributed by atoms with Crippen LogP contribution in [-0.2, 0) is 21.9 Å². The molecule has 2 amide bonds. The standard InChI is InChI=1S/C21H23Cl2N3O4S/c1-3-24-21(28)14(2)25(11-16-6-7-17(22)10-19(16)23)20(27)13-31-12-15-4-8-18(9-5-15)26(29)30/h4-10,14H,3,11-13H2,1-2H3,(H,24,28)/t14-/m0/s1. The SMILES string of the molecule is CCNC(=O)[C@H](C)N(Cc1ccc(Cl)cc1Cl)C(=O)CSCc1ccc([N+](=O)[O-])cc1. The number of non-ortho nitro benzene ring substituents is 1. The molecule has 0 heterocycles. The van der Waals surface area contributed by atoms with Gasteiger partial charge in [-0.1, -0.05) is 41.4 Å². The van der Waals surface area contributed by atoms with Crippen molar-refractivity contribution < 1.29 is 14.5 Å². The van der Waals surface area contributed by atoms with Crippen LogP contribution in [0, 0.1) is 10.1 Å². The van der Waals surface area contributed by atoms with E-state index in [1.54, 1.807) is 37.3 Å². The van der Waals surface area contributed by atoms with Gasteiger partial charge in [-0.15, -0.1) is 11.8 Å². The molecule has 0 unspecified atom stereocenters. The fourth-order valence-electron chi connectivity index (χ4n) is 2.79. The first kappa shape index (κ1) is 25.0. The highest BCUT2D eigenvalue weighted by molar-refractivity contribution is 7.99. The number of carbonyl (C=O) groups is 2. The van der Waals surface area contributed by atoms with Crippen molar-refractivity contribution in [2.24, 2.45) is 0 Å². The molecular formula is C21H23Cl2N3O4S. The van der Waals surface area contributed by atoms with Crippen LogP contribution in [0.4, 0.5) is 5.69 Å². The van der Waals surface area contributed by atoms with E-state index in [1.807, 2.05) is 6.92 Å². The maximum atomic E-state index is 13.0. The summed E-state index contributed by atoms with van der Waals surface area (Å²) in [6.45, 7) is 4.12. The first-order valence-corrected chi connectivity index (χ1v) is 11.5. The third kappa shape index (κ3) is 7.41. The summed E-state index contributed by atoms with van der Waals surface area (Å²) in [6, 6.07) is 10.5. The Hall–Kier alpha value is -2.29. The van der Waals surface area contributed by atoms with Gasteiger partial charge >= 0.3 is 0 Å². The molecule has 2 rings (SSSR count). The van der Waals surface area contributed by atoms with Crippen LogP contribution in [-0.4, -0.2) is 40.0 Å². The number of nitro groups is 1. The zero-order valence-corrected chi connectivity index (χ0v) is 19.5. The van der Waals surface area contributed by atoms with E-state index in [-0.39, 0.29) is 29.8 Å². The Bertz CT molecular complexity index is 941. The van der Waals surface area contributed by atoms with Gasteiger partial charge in [-0.2, -0.15) is 0 Å². The maximum absolute atomic E-state index is 13.0. The number of halogens is 2. The molecule has 2 aromatic rings. The smallest absolute Gasteiger partial charge is 0.269 e. The molecule has 0 aliphatic heterocycles. The monoisotopic (exact) mass is 483 g/mol. The molecule has 0 aromatic heterocycles. The summed E-state index contributed by atoms with van der Waals surface area (Å²) >= 11 is 13.6. The van der Waals surface area contributed by atoms with Crippen molar-refractivity contribution in [3.05, 3.63) is 73.8 Å². The molecule has 1 N–H and O–H groups in total. The normalized spacial score (nSPS) is 11.6. The molecule has 0 radical (unpaired) electrons. The largest absolute Gasteiger partial charge is 0.355 e. The highest BCUT2D eigenvalue weighted by Crippen LogP contribution is 2.24. The quantitative estimate of drug-likeness (QED) is 0.390. The molecule has 0 fully saturated rings. The van der Waals surface area contributed by atoms with Gasteiger partial charge < -0.3 is 10.2 Å². The van der Waals surface area contributed by atoms with Gasteiger partial charge in [0, 0.05) is 41.0 Å². The van der Waals surface area contributed by atoms with Gasteiger partial charge in [-0.05, 0) is 37.1 Å². The highest BCUT2D eigenvalue weighted by atomic mass is 35.5. The summed E-state index contributed by atoms with van der Waals surface area (Å²) in [4.78, 5) is 37.1. The third-order valence-electron chi connectivity index (χ3n) is 4.52. The Morgan fingerprint density at radius 1 is 1.19 bits per heavy atom. The molecule has 0 saturated carbocycles. The fourth-order valence-corrected chi connectivity index (χ4v) is 4.13. The van der Waals surface area contributed by atoms with Crippen molar-refractivity contribution in [1.29, 1.82) is 0 Å². The average Bonchev–Trinajstić information content (AvgIpc) is 2.73. The van der Waals surface area contributed by atoms with E-state index in [0.29, 0.717) is 27.9 Å². The Balaban J connectivity index is 2.07. The first-order valence-electron chi connectivity index (χ1n) is 9.55. The number of nitrogens with zero attached hydrogens (tertiary/aromatic N) is 2. The van der Waals surface area contributed by atoms with E-state index < -0.39 is 11.0 Å². The second-order valence-electron chi connectivity index (χ2n) is 6.74. The number of nitro benzene ring substituents is 1. The fraction of sp³-hybridized carbons (Fsp3) is 0.333. The van der Waals surface area contributed by atoms with E-state index in [1.165, 1.54) is 28.8 Å². The Morgan fingerprint density at radius 2 is 1.87 bits per heavy atom. The molecule has 1 atom stereocenters. The van der Waals surface area contributed by atoms with Crippen molar-refractivity contribution in [3.63, 3.8) is 0 Å². The molecule has 7 nitrogen and oxygen atoms in total. The minimum absolute atomic E-state index is 0.0200. The van der Waals surface area contributed by atoms with Crippen LogP contribution >= 0.6 is 35.0 Å². The lowest BCUT2D eigenvalue weighted by atomic mass is 10.1. The number of hydrogen-bond donors (Lipinski definition) is 1. The number of nitrogens with one attached hydrogen (secondary N) is 1. The molecule has 10 heteroatoms. The lowest BCUT2D eigenvalue weighted by Crippen LogP contribution is -2.48. The van der Waals surface area contributed by atoms with Crippen LogP contribution in [0.15, 0.2) is 42.5 Å². The van der Waals surface area contributed by atoms with Gasteiger partial charge in [-0.25, -0.2) is 0 Å². The van der Waals surface area contributed by atoms with Crippen LogP contribution in [0.5, 0.6) is 0 Å². The van der Waals surface area contributed by atoms with Gasteiger partial charge in [0.2, 0.25) is 11.8 Å². The van der Waals surface area contributed by atoms with Gasteiger partial charge in [-0.3, -0.25) is 19.7 Å². The van der Waals surface area contributed by atoms with E-state index in [0.717, 1.165) is 5.56 Å². The predicted molar refractivity (Wildman–Crippen MR) is 124 cm³/mol. The number of hydrogen-bond acceptors (Lipinski definition) is 5. The van der Waals surface area contributed by atoms with E-state index in [9.17, 15) is 19.7 Å². The van der Waals surface area contributed by atoms with Crippen molar-refractivity contribution in [2.75, 3.05) is 12.3 Å². The topological polar surface area (TPSA) is 92.6 Å². The first-order chi connectivity index (χ1) is 14.7. The van der Waals surface area contributed by atoms with E-state index in [4.69, 9.17) is 23.2 Å². The molecule has 31 heavy (non-hydrogen) atoms. The summed E-state index contributed by atoms with van der Waals surface area (Å²) in [5.74, 6) is 0.193. The molecule has 0 aliphatic rings. The number of amides is 2. The van der Waals surface area contributed by atoms with Crippen molar-refractivity contribution in [2.45, 2.75) is 32.2 Å². The number of thioether (sulfide) groups is 1. The second kappa shape index (κ2) is 11.9. The van der Waals surface area contributed by atoms with Crippen LogP contribution < -0.4 is 5.32 Å². The van der Waals surface area contributed by atoms with Crippen LogP contribution in [0.3, 0.4) is 0 Å². The zero-order chi connectivity index (χ0) is 23.0. The molecule has 0 saturated heterocycles.